The molecule has 0 aromatic carbocycles. The van der Waals surface area contributed by atoms with Crippen LogP contribution in [0.15, 0.2) is 24.8 Å². The molecule has 0 saturated heterocycles. The van der Waals surface area contributed by atoms with E-state index in [1.165, 1.54) is 0 Å². The summed E-state index contributed by atoms with van der Waals surface area (Å²) in [6, 6.07) is 0. The van der Waals surface area contributed by atoms with E-state index >= 15 is 0 Å². The molecule has 0 aliphatic heterocycles. The van der Waals surface area contributed by atoms with Crippen molar-refractivity contribution in [2.45, 2.75) is 38.4 Å². The lowest BCUT2D eigenvalue weighted by Gasteiger charge is -2.31. The van der Waals surface area contributed by atoms with Crippen molar-refractivity contribution in [1.29, 1.82) is 0 Å². The smallest absolute Gasteiger partial charge is 0.0843 e. The second-order valence-electron chi connectivity index (χ2n) is 3.82. The summed E-state index contributed by atoms with van der Waals surface area (Å²) >= 11 is 0. The summed E-state index contributed by atoms with van der Waals surface area (Å²) in [6.07, 6.45) is 8.36. The van der Waals surface area contributed by atoms with Gasteiger partial charge in [-0.3, -0.25) is 0 Å². The Kier molecular flexibility index (Phi) is 4.91. The quantitative estimate of drug-likeness (QED) is 0.699. The maximum Gasteiger partial charge on any atom is 0.0843 e. The molecule has 1 aliphatic carbocycles. The molecule has 0 aromatic heterocycles. The number of aliphatic hydroxyl groups excluding tert-OH is 1. The predicted octanol–water partition coefficient (Wildman–Crippen LogP) is 2.29. The number of hydrogen-bond donors (Lipinski definition) is 1. The monoisotopic (exact) mass is 196 g/mol. The van der Waals surface area contributed by atoms with Crippen LogP contribution in [-0.4, -0.2) is 23.9 Å². The Bertz CT molecular complexity index is 198. The SMILES string of the molecule is C=CC1CCC(O)C(OC/C=C/C)C1. The summed E-state index contributed by atoms with van der Waals surface area (Å²) in [5, 5.41) is 9.70. The molecule has 14 heavy (non-hydrogen) atoms. The first kappa shape index (κ1) is 11.5. The van der Waals surface area contributed by atoms with Gasteiger partial charge in [0.1, 0.15) is 0 Å². The number of allylic oxidation sites excluding steroid dienone is 2. The third-order valence-electron chi connectivity index (χ3n) is 2.77. The van der Waals surface area contributed by atoms with Crippen LogP contribution in [0.3, 0.4) is 0 Å². The van der Waals surface area contributed by atoms with Gasteiger partial charge in [0.05, 0.1) is 18.8 Å². The molecule has 2 heteroatoms. The van der Waals surface area contributed by atoms with Gasteiger partial charge < -0.3 is 9.84 Å². The summed E-state index contributed by atoms with van der Waals surface area (Å²) < 4.78 is 5.58. The molecule has 1 rings (SSSR count). The van der Waals surface area contributed by atoms with Gasteiger partial charge in [-0.15, -0.1) is 6.58 Å². The van der Waals surface area contributed by atoms with Crippen molar-refractivity contribution in [2.75, 3.05) is 6.61 Å². The van der Waals surface area contributed by atoms with Crippen LogP contribution in [-0.2, 0) is 4.74 Å². The Hall–Kier alpha value is -0.600. The lowest BCUT2D eigenvalue weighted by Crippen LogP contribution is -2.35. The highest BCUT2D eigenvalue weighted by Gasteiger charge is 2.27. The molecule has 1 saturated carbocycles. The molecule has 0 heterocycles. The van der Waals surface area contributed by atoms with Crippen LogP contribution < -0.4 is 0 Å². The molecule has 80 valence electrons. The molecule has 0 amide bonds. The van der Waals surface area contributed by atoms with E-state index in [0.29, 0.717) is 12.5 Å². The molecule has 3 atom stereocenters. The fourth-order valence-electron chi connectivity index (χ4n) is 1.81. The molecule has 1 fully saturated rings. The molecular formula is C12H20O2. The van der Waals surface area contributed by atoms with Crippen LogP contribution in [0.1, 0.15) is 26.2 Å². The summed E-state index contributed by atoms with van der Waals surface area (Å²) in [6.45, 7) is 6.35. The van der Waals surface area contributed by atoms with Gasteiger partial charge in [-0.1, -0.05) is 18.2 Å². The molecule has 1 N–H and O–H groups in total. The normalized spacial score (nSPS) is 33.4. The van der Waals surface area contributed by atoms with Gasteiger partial charge in [0.25, 0.3) is 0 Å². The number of aliphatic hydroxyl groups is 1. The van der Waals surface area contributed by atoms with E-state index in [4.69, 9.17) is 4.74 Å². The standard InChI is InChI=1S/C12H20O2/c1-3-5-8-14-12-9-10(4-2)6-7-11(12)13/h3-5,10-13H,2,6-9H2,1H3/b5-3+. The molecule has 2 nitrogen and oxygen atoms in total. The van der Waals surface area contributed by atoms with Gasteiger partial charge in [-0.2, -0.15) is 0 Å². The van der Waals surface area contributed by atoms with Gasteiger partial charge >= 0.3 is 0 Å². The van der Waals surface area contributed by atoms with E-state index in [1.807, 2.05) is 25.2 Å². The summed E-state index contributed by atoms with van der Waals surface area (Å²) in [5.74, 6) is 0.508. The highest BCUT2D eigenvalue weighted by molar-refractivity contribution is 4.89. The van der Waals surface area contributed by atoms with Crippen molar-refractivity contribution < 1.29 is 9.84 Å². The predicted molar refractivity (Wildman–Crippen MR) is 58.1 cm³/mol. The van der Waals surface area contributed by atoms with E-state index < -0.39 is 0 Å². The maximum absolute atomic E-state index is 9.70. The zero-order chi connectivity index (χ0) is 10.4. The van der Waals surface area contributed by atoms with Crippen molar-refractivity contribution in [3.8, 4) is 0 Å². The van der Waals surface area contributed by atoms with Crippen molar-refractivity contribution in [3.05, 3.63) is 24.8 Å². The summed E-state index contributed by atoms with van der Waals surface area (Å²) in [4.78, 5) is 0. The van der Waals surface area contributed by atoms with Crippen molar-refractivity contribution in [1.82, 2.24) is 0 Å². The highest BCUT2D eigenvalue weighted by Crippen LogP contribution is 2.27. The first-order valence-corrected chi connectivity index (χ1v) is 5.31. The van der Waals surface area contributed by atoms with Crippen molar-refractivity contribution in [3.63, 3.8) is 0 Å². The van der Waals surface area contributed by atoms with Crippen LogP contribution in [0.25, 0.3) is 0 Å². The van der Waals surface area contributed by atoms with E-state index in [-0.39, 0.29) is 12.2 Å². The van der Waals surface area contributed by atoms with Gasteiger partial charge in [0.15, 0.2) is 0 Å². The van der Waals surface area contributed by atoms with E-state index in [0.717, 1.165) is 19.3 Å². The largest absolute Gasteiger partial charge is 0.390 e. The lowest BCUT2D eigenvalue weighted by atomic mass is 9.85. The first-order valence-electron chi connectivity index (χ1n) is 5.31. The van der Waals surface area contributed by atoms with Crippen LogP contribution in [0.2, 0.25) is 0 Å². The molecular weight excluding hydrogens is 176 g/mol. The highest BCUT2D eigenvalue weighted by atomic mass is 16.5. The summed E-state index contributed by atoms with van der Waals surface area (Å²) in [5.41, 5.74) is 0. The zero-order valence-corrected chi connectivity index (χ0v) is 8.86. The molecule has 0 bridgehead atoms. The number of hydrogen-bond acceptors (Lipinski definition) is 2. The summed E-state index contributed by atoms with van der Waals surface area (Å²) in [7, 11) is 0. The third kappa shape index (κ3) is 3.28. The molecule has 0 radical (unpaired) electrons. The van der Waals surface area contributed by atoms with Gasteiger partial charge in [0.2, 0.25) is 0 Å². The van der Waals surface area contributed by atoms with Crippen LogP contribution >= 0.6 is 0 Å². The van der Waals surface area contributed by atoms with Crippen molar-refractivity contribution >= 4 is 0 Å². The van der Waals surface area contributed by atoms with E-state index in [2.05, 4.69) is 6.58 Å². The second-order valence-corrected chi connectivity index (χ2v) is 3.82. The third-order valence-corrected chi connectivity index (χ3v) is 2.77. The zero-order valence-electron chi connectivity index (χ0n) is 8.86. The topological polar surface area (TPSA) is 29.5 Å². The van der Waals surface area contributed by atoms with E-state index in [9.17, 15) is 5.11 Å². The van der Waals surface area contributed by atoms with Crippen LogP contribution in [0, 0.1) is 5.92 Å². The number of ether oxygens (including phenoxy) is 1. The van der Waals surface area contributed by atoms with Gasteiger partial charge in [0, 0.05) is 0 Å². The molecule has 0 aromatic rings. The maximum atomic E-state index is 9.70. The molecule has 0 spiro atoms. The fourth-order valence-corrected chi connectivity index (χ4v) is 1.81. The second kappa shape index (κ2) is 5.99. The molecule has 3 unspecified atom stereocenters. The minimum Gasteiger partial charge on any atom is -0.390 e. The Morgan fingerprint density at radius 1 is 1.50 bits per heavy atom. The minimum absolute atomic E-state index is 0.0112. The fraction of sp³-hybridized carbons (Fsp3) is 0.667. The first-order chi connectivity index (χ1) is 6.77. The van der Waals surface area contributed by atoms with Crippen LogP contribution in [0.5, 0.6) is 0 Å². The average molecular weight is 196 g/mol. The van der Waals surface area contributed by atoms with Crippen molar-refractivity contribution in [2.24, 2.45) is 5.92 Å². The average Bonchev–Trinajstić information content (AvgIpc) is 2.21. The number of rotatable bonds is 4. The van der Waals surface area contributed by atoms with Gasteiger partial charge in [-0.05, 0) is 32.1 Å². The Labute approximate surface area is 86.3 Å². The van der Waals surface area contributed by atoms with Crippen LogP contribution in [0.4, 0.5) is 0 Å². The van der Waals surface area contributed by atoms with Gasteiger partial charge in [-0.25, -0.2) is 0 Å². The van der Waals surface area contributed by atoms with E-state index in [1.54, 1.807) is 0 Å². The minimum atomic E-state index is -0.295. The Balaban J connectivity index is 2.36. The lowest BCUT2D eigenvalue weighted by molar-refractivity contribution is -0.0573. The Morgan fingerprint density at radius 2 is 2.29 bits per heavy atom. The molecule has 1 aliphatic rings. The Morgan fingerprint density at radius 3 is 2.93 bits per heavy atom.